The minimum absolute atomic E-state index is 0.0705. The maximum Gasteiger partial charge on any atom is 0.254 e. The summed E-state index contributed by atoms with van der Waals surface area (Å²) in [7, 11) is -3.39. The molecule has 1 saturated heterocycles. The Labute approximate surface area is 119 Å². The summed E-state index contributed by atoms with van der Waals surface area (Å²) in [5.74, 6) is 0. The van der Waals surface area contributed by atoms with Gasteiger partial charge in [-0.1, -0.05) is 6.92 Å². The van der Waals surface area contributed by atoms with Crippen LogP contribution < -0.4 is 5.32 Å². The molecule has 1 fully saturated rings. The number of piperidine rings is 1. The van der Waals surface area contributed by atoms with Crippen LogP contribution in [0.15, 0.2) is 10.4 Å². The average molecular weight is 303 g/mol. The van der Waals surface area contributed by atoms with E-state index in [-0.39, 0.29) is 6.04 Å². The first-order valence-electron chi connectivity index (χ1n) is 6.70. The molecule has 0 aromatic carbocycles. The number of sulfonamides is 1. The number of thiazole rings is 1. The molecule has 2 rings (SSSR count). The Bertz CT molecular complexity index is 507. The van der Waals surface area contributed by atoms with Gasteiger partial charge in [0, 0.05) is 19.1 Å². The van der Waals surface area contributed by atoms with Crippen LogP contribution in [0.1, 0.15) is 31.2 Å². The Morgan fingerprint density at radius 2 is 2.37 bits per heavy atom. The molecule has 1 aromatic rings. The minimum atomic E-state index is -3.39. The molecule has 1 atom stereocenters. The average Bonchev–Trinajstić information content (AvgIpc) is 2.84. The van der Waals surface area contributed by atoms with Gasteiger partial charge in [-0.05, 0) is 32.7 Å². The number of nitrogens with zero attached hydrogens (tertiary/aromatic N) is 2. The highest BCUT2D eigenvalue weighted by Crippen LogP contribution is 2.25. The van der Waals surface area contributed by atoms with Crippen molar-refractivity contribution in [2.45, 2.75) is 43.4 Å². The molecule has 0 bridgehead atoms. The molecule has 0 radical (unpaired) electrons. The van der Waals surface area contributed by atoms with Crippen LogP contribution in [-0.2, 0) is 10.0 Å². The smallest absolute Gasteiger partial charge is 0.254 e. The second kappa shape index (κ2) is 6.30. The van der Waals surface area contributed by atoms with Crippen molar-refractivity contribution in [3.63, 3.8) is 0 Å². The molecule has 2 heterocycles. The molecule has 0 amide bonds. The summed E-state index contributed by atoms with van der Waals surface area (Å²) in [6, 6.07) is 0.0705. The first-order chi connectivity index (χ1) is 9.05. The molecule has 7 heteroatoms. The van der Waals surface area contributed by atoms with Crippen molar-refractivity contribution in [3.8, 4) is 0 Å². The van der Waals surface area contributed by atoms with E-state index in [1.807, 2.05) is 13.8 Å². The summed E-state index contributed by atoms with van der Waals surface area (Å²) in [6.45, 7) is 6.14. The third-order valence-corrected chi connectivity index (χ3v) is 6.59. The van der Waals surface area contributed by atoms with Crippen LogP contribution in [-0.4, -0.2) is 43.4 Å². The molecule has 1 aliphatic rings. The number of nitrogens with one attached hydrogen (secondary N) is 1. The van der Waals surface area contributed by atoms with Crippen LogP contribution in [0.5, 0.6) is 0 Å². The zero-order valence-corrected chi connectivity index (χ0v) is 13.1. The lowest BCUT2D eigenvalue weighted by Crippen LogP contribution is -2.48. The normalized spacial score (nSPS) is 20.9. The zero-order valence-electron chi connectivity index (χ0n) is 11.4. The van der Waals surface area contributed by atoms with Crippen LogP contribution >= 0.6 is 11.3 Å². The van der Waals surface area contributed by atoms with Crippen molar-refractivity contribution in [3.05, 3.63) is 11.2 Å². The molecule has 1 N–H and O–H groups in total. The molecular formula is C12H21N3O2S2. The van der Waals surface area contributed by atoms with E-state index < -0.39 is 10.0 Å². The highest BCUT2D eigenvalue weighted by atomic mass is 32.2. The predicted molar refractivity (Wildman–Crippen MR) is 76.9 cm³/mol. The Kier molecular flexibility index (Phi) is 4.94. The standard InChI is InChI=1S/C12H21N3O2S2/c1-3-7-15(11-5-4-6-13-8-11)19(16,17)12-9-14-10(2)18-12/h9,11,13H,3-8H2,1-2H3. The zero-order chi connectivity index (χ0) is 13.9. The Hall–Kier alpha value is -0.500. The molecule has 108 valence electrons. The lowest BCUT2D eigenvalue weighted by Gasteiger charge is -2.33. The van der Waals surface area contributed by atoms with Gasteiger partial charge >= 0.3 is 0 Å². The molecule has 5 nitrogen and oxygen atoms in total. The van der Waals surface area contributed by atoms with Gasteiger partial charge in [-0.2, -0.15) is 4.31 Å². The van der Waals surface area contributed by atoms with E-state index in [0.29, 0.717) is 10.8 Å². The molecule has 1 aromatic heterocycles. The SMILES string of the molecule is CCCN(C1CCCNC1)S(=O)(=O)c1cnc(C)s1. The van der Waals surface area contributed by atoms with Gasteiger partial charge in [0.15, 0.2) is 4.21 Å². The first-order valence-corrected chi connectivity index (χ1v) is 8.96. The molecule has 0 aliphatic carbocycles. The van der Waals surface area contributed by atoms with Crippen LogP contribution in [0, 0.1) is 6.92 Å². The number of aryl methyl sites for hydroxylation is 1. The Balaban J connectivity index is 2.26. The van der Waals surface area contributed by atoms with Gasteiger partial charge in [-0.25, -0.2) is 13.4 Å². The molecule has 0 spiro atoms. The fourth-order valence-electron chi connectivity index (χ4n) is 2.38. The first kappa shape index (κ1) is 14.9. The highest BCUT2D eigenvalue weighted by Gasteiger charge is 2.32. The van der Waals surface area contributed by atoms with Crippen molar-refractivity contribution in [1.82, 2.24) is 14.6 Å². The number of aromatic nitrogens is 1. The van der Waals surface area contributed by atoms with Crippen LogP contribution in [0.3, 0.4) is 0 Å². The van der Waals surface area contributed by atoms with E-state index in [0.717, 1.165) is 37.4 Å². The Morgan fingerprint density at radius 3 is 2.89 bits per heavy atom. The second-order valence-electron chi connectivity index (χ2n) is 4.81. The summed E-state index contributed by atoms with van der Waals surface area (Å²) in [5.41, 5.74) is 0. The van der Waals surface area contributed by atoms with E-state index >= 15 is 0 Å². The molecular weight excluding hydrogens is 282 g/mol. The fourth-order valence-corrected chi connectivity index (χ4v) is 5.36. The number of hydrogen-bond donors (Lipinski definition) is 1. The summed E-state index contributed by atoms with van der Waals surface area (Å²) in [5, 5.41) is 4.07. The molecule has 0 saturated carbocycles. The van der Waals surface area contributed by atoms with E-state index in [9.17, 15) is 8.42 Å². The molecule has 1 unspecified atom stereocenters. The van der Waals surface area contributed by atoms with Gasteiger partial charge in [-0.3, -0.25) is 0 Å². The topological polar surface area (TPSA) is 62.3 Å². The van der Waals surface area contributed by atoms with Crippen LogP contribution in [0.2, 0.25) is 0 Å². The molecule has 19 heavy (non-hydrogen) atoms. The van der Waals surface area contributed by atoms with Crippen molar-refractivity contribution in [2.24, 2.45) is 0 Å². The van der Waals surface area contributed by atoms with Gasteiger partial charge in [0.05, 0.1) is 11.2 Å². The summed E-state index contributed by atoms with van der Waals surface area (Å²) in [4.78, 5) is 4.07. The van der Waals surface area contributed by atoms with Crippen molar-refractivity contribution in [2.75, 3.05) is 19.6 Å². The quantitative estimate of drug-likeness (QED) is 0.897. The lowest BCUT2D eigenvalue weighted by atomic mass is 10.1. The fraction of sp³-hybridized carbons (Fsp3) is 0.750. The largest absolute Gasteiger partial charge is 0.315 e. The summed E-state index contributed by atoms with van der Waals surface area (Å²) < 4.78 is 27.4. The maximum atomic E-state index is 12.7. The summed E-state index contributed by atoms with van der Waals surface area (Å²) in [6.07, 6.45) is 4.27. The van der Waals surface area contributed by atoms with Crippen LogP contribution in [0.4, 0.5) is 0 Å². The second-order valence-corrected chi connectivity index (χ2v) is 8.17. The lowest BCUT2D eigenvalue weighted by molar-refractivity contribution is 0.266. The number of hydrogen-bond acceptors (Lipinski definition) is 5. The van der Waals surface area contributed by atoms with Gasteiger partial charge in [0.25, 0.3) is 10.0 Å². The molecule has 1 aliphatic heterocycles. The van der Waals surface area contributed by atoms with E-state index in [4.69, 9.17) is 0 Å². The van der Waals surface area contributed by atoms with Gasteiger partial charge in [0.1, 0.15) is 0 Å². The van der Waals surface area contributed by atoms with E-state index in [1.54, 1.807) is 4.31 Å². The van der Waals surface area contributed by atoms with Gasteiger partial charge in [0.2, 0.25) is 0 Å². The van der Waals surface area contributed by atoms with E-state index in [1.165, 1.54) is 17.5 Å². The minimum Gasteiger partial charge on any atom is -0.315 e. The van der Waals surface area contributed by atoms with E-state index in [2.05, 4.69) is 10.3 Å². The van der Waals surface area contributed by atoms with Crippen molar-refractivity contribution < 1.29 is 8.42 Å². The Morgan fingerprint density at radius 1 is 1.58 bits per heavy atom. The maximum absolute atomic E-state index is 12.7. The highest BCUT2D eigenvalue weighted by molar-refractivity contribution is 7.91. The third-order valence-electron chi connectivity index (χ3n) is 3.29. The third kappa shape index (κ3) is 3.34. The predicted octanol–water partition coefficient (Wildman–Crippen LogP) is 1.60. The van der Waals surface area contributed by atoms with Crippen molar-refractivity contribution in [1.29, 1.82) is 0 Å². The monoisotopic (exact) mass is 303 g/mol. The van der Waals surface area contributed by atoms with Crippen LogP contribution in [0.25, 0.3) is 0 Å². The summed E-state index contributed by atoms with van der Waals surface area (Å²) >= 11 is 1.25. The van der Waals surface area contributed by atoms with Gasteiger partial charge < -0.3 is 5.32 Å². The number of rotatable bonds is 5. The van der Waals surface area contributed by atoms with Gasteiger partial charge in [-0.15, -0.1) is 11.3 Å². The van der Waals surface area contributed by atoms with Crippen molar-refractivity contribution >= 4 is 21.4 Å².